The molecule has 0 saturated carbocycles. The van der Waals surface area contributed by atoms with Crippen LogP contribution in [-0.4, -0.2) is 29.0 Å². The summed E-state index contributed by atoms with van der Waals surface area (Å²) in [5.41, 5.74) is 1.42. The van der Waals surface area contributed by atoms with Crippen molar-refractivity contribution in [3.63, 3.8) is 0 Å². The summed E-state index contributed by atoms with van der Waals surface area (Å²) in [6.45, 7) is 0. The van der Waals surface area contributed by atoms with Crippen molar-refractivity contribution in [1.29, 1.82) is 0 Å². The summed E-state index contributed by atoms with van der Waals surface area (Å²) in [7, 11) is -1.61. The molecule has 1 unspecified atom stereocenters. The minimum absolute atomic E-state index is 0.320. The van der Waals surface area contributed by atoms with E-state index in [1.807, 2.05) is 36.4 Å². The summed E-state index contributed by atoms with van der Waals surface area (Å²) in [5.74, 6) is -1.07. The van der Waals surface area contributed by atoms with E-state index in [2.05, 4.69) is 5.32 Å². The number of hydrogen-bond acceptors (Lipinski definition) is 3. The Labute approximate surface area is 118 Å². The highest BCUT2D eigenvalue weighted by Gasteiger charge is 2.25. The second-order valence-electron chi connectivity index (χ2n) is 4.55. The van der Waals surface area contributed by atoms with Gasteiger partial charge in [0.1, 0.15) is 0 Å². The van der Waals surface area contributed by atoms with Crippen LogP contribution in [0.3, 0.4) is 0 Å². The van der Waals surface area contributed by atoms with E-state index in [1.165, 1.54) is 0 Å². The second kappa shape index (κ2) is 6.89. The largest absolute Gasteiger partial charge is 0.475 e. The second-order valence-corrected chi connectivity index (χ2v) is 4.55. The van der Waals surface area contributed by atoms with Crippen LogP contribution in [0.15, 0.2) is 60.7 Å². The fourth-order valence-electron chi connectivity index (χ4n) is 1.94. The normalized spacial score (nSPS) is 11.7. The van der Waals surface area contributed by atoms with Gasteiger partial charge in [0.2, 0.25) is 0 Å². The average molecular weight is 269 g/mol. The first-order valence-electron chi connectivity index (χ1n) is 6.43. The number of carbonyl (C=O) groups excluding carboxylic acids is 1. The molecule has 102 valence electrons. The molecule has 4 nitrogen and oxygen atoms in total. The van der Waals surface area contributed by atoms with E-state index in [4.69, 9.17) is 0 Å². The molecule has 2 aromatic rings. The molecule has 0 bridgehead atoms. The zero-order valence-corrected chi connectivity index (χ0v) is 10.9. The summed E-state index contributed by atoms with van der Waals surface area (Å²) in [5, 5.41) is 21.5. The lowest BCUT2D eigenvalue weighted by Crippen LogP contribution is -2.47. The summed E-state index contributed by atoms with van der Waals surface area (Å²) in [6.07, 6.45) is 0.358. The molecule has 0 aliphatic rings. The smallest absolute Gasteiger partial charge is 0.426 e. The number of rotatable bonds is 5. The van der Waals surface area contributed by atoms with Gasteiger partial charge in [-0.1, -0.05) is 48.5 Å². The van der Waals surface area contributed by atoms with Gasteiger partial charge in [-0.2, -0.15) is 0 Å². The minimum atomic E-state index is -1.61. The Morgan fingerprint density at radius 1 is 1.00 bits per heavy atom. The molecule has 1 amide bonds. The van der Waals surface area contributed by atoms with Crippen LogP contribution in [0.4, 0.5) is 0 Å². The Morgan fingerprint density at radius 2 is 1.55 bits per heavy atom. The Balaban J connectivity index is 2.05. The molecule has 0 aromatic heterocycles. The van der Waals surface area contributed by atoms with Crippen LogP contribution in [0, 0.1) is 0 Å². The lowest BCUT2D eigenvalue weighted by Gasteiger charge is -2.18. The van der Waals surface area contributed by atoms with Crippen molar-refractivity contribution < 1.29 is 14.8 Å². The van der Waals surface area contributed by atoms with E-state index >= 15 is 0 Å². The van der Waals surface area contributed by atoms with E-state index in [9.17, 15) is 14.8 Å². The Bertz CT molecular complexity index is 546. The lowest BCUT2D eigenvalue weighted by molar-refractivity contribution is 0.0942. The molecule has 0 fully saturated rings. The van der Waals surface area contributed by atoms with E-state index in [-0.39, 0.29) is 5.91 Å². The van der Waals surface area contributed by atoms with Gasteiger partial charge in [0.25, 0.3) is 5.91 Å². The Hall–Kier alpha value is -2.11. The third kappa shape index (κ3) is 3.95. The predicted molar refractivity (Wildman–Crippen MR) is 78.0 cm³/mol. The van der Waals surface area contributed by atoms with Gasteiger partial charge in [0.15, 0.2) is 0 Å². The third-order valence-corrected chi connectivity index (χ3v) is 3.01. The number of carbonyl (C=O) groups is 1. The molecule has 0 heterocycles. The number of benzene rings is 2. The van der Waals surface area contributed by atoms with Crippen LogP contribution in [0.25, 0.3) is 0 Å². The highest BCUT2D eigenvalue weighted by Crippen LogP contribution is 2.06. The lowest BCUT2D eigenvalue weighted by atomic mass is 9.76. The topological polar surface area (TPSA) is 69.6 Å². The maximum atomic E-state index is 12.0. The van der Waals surface area contributed by atoms with Gasteiger partial charge in [0.05, 0.1) is 5.94 Å². The molecule has 2 aromatic carbocycles. The van der Waals surface area contributed by atoms with Crippen LogP contribution in [-0.2, 0) is 6.42 Å². The van der Waals surface area contributed by atoms with Crippen LogP contribution in [0.5, 0.6) is 0 Å². The van der Waals surface area contributed by atoms with Gasteiger partial charge < -0.3 is 15.4 Å². The van der Waals surface area contributed by atoms with Gasteiger partial charge >= 0.3 is 7.12 Å². The van der Waals surface area contributed by atoms with E-state index in [0.29, 0.717) is 12.0 Å². The molecule has 5 heteroatoms. The van der Waals surface area contributed by atoms with Crippen molar-refractivity contribution in [2.45, 2.75) is 12.4 Å². The van der Waals surface area contributed by atoms with Crippen LogP contribution >= 0.6 is 0 Å². The van der Waals surface area contributed by atoms with Crippen molar-refractivity contribution in [2.75, 3.05) is 0 Å². The van der Waals surface area contributed by atoms with Crippen molar-refractivity contribution in [3.8, 4) is 0 Å². The molecule has 0 aliphatic carbocycles. The van der Waals surface area contributed by atoms with Gasteiger partial charge in [-0.05, 0) is 24.1 Å². The molecule has 0 radical (unpaired) electrons. The Morgan fingerprint density at radius 3 is 2.10 bits per heavy atom. The van der Waals surface area contributed by atoms with Gasteiger partial charge in [0, 0.05) is 5.56 Å². The Kier molecular flexibility index (Phi) is 4.93. The van der Waals surface area contributed by atoms with Gasteiger partial charge in [-0.25, -0.2) is 0 Å². The zero-order chi connectivity index (χ0) is 14.4. The minimum Gasteiger partial charge on any atom is -0.426 e. The summed E-state index contributed by atoms with van der Waals surface area (Å²) in [4.78, 5) is 12.0. The molecule has 3 N–H and O–H groups in total. The van der Waals surface area contributed by atoms with Crippen LogP contribution < -0.4 is 5.32 Å². The molecule has 2 rings (SSSR count). The van der Waals surface area contributed by atoms with Crippen molar-refractivity contribution in [3.05, 3.63) is 71.8 Å². The van der Waals surface area contributed by atoms with Crippen molar-refractivity contribution in [2.24, 2.45) is 0 Å². The van der Waals surface area contributed by atoms with E-state index < -0.39 is 13.1 Å². The quantitative estimate of drug-likeness (QED) is 0.710. The molecular weight excluding hydrogens is 253 g/mol. The molecule has 0 spiro atoms. The van der Waals surface area contributed by atoms with Crippen LogP contribution in [0.2, 0.25) is 0 Å². The van der Waals surface area contributed by atoms with Crippen molar-refractivity contribution in [1.82, 2.24) is 5.32 Å². The molecule has 20 heavy (non-hydrogen) atoms. The highest BCUT2D eigenvalue weighted by atomic mass is 16.4. The third-order valence-electron chi connectivity index (χ3n) is 3.01. The van der Waals surface area contributed by atoms with E-state index in [1.54, 1.807) is 24.3 Å². The van der Waals surface area contributed by atoms with Crippen LogP contribution in [0.1, 0.15) is 15.9 Å². The standard InChI is InChI=1S/C15H16BNO3/c18-15(13-9-5-2-6-10-13)17-14(16(19)20)11-12-7-3-1-4-8-12/h1-10,14,19-20H,11H2,(H,17,18). The molecule has 0 saturated heterocycles. The van der Waals surface area contributed by atoms with Gasteiger partial charge in [-0.15, -0.1) is 0 Å². The van der Waals surface area contributed by atoms with Crippen molar-refractivity contribution >= 4 is 13.0 Å². The summed E-state index contributed by atoms with van der Waals surface area (Å²) in [6, 6.07) is 18.1. The first kappa shape index (κ1) is 14.3. The SMILES string of the molecule is O=C(NC(Cc1ccccc1)B(O)O)c1ccccc1. The highest BCUT2D eigenvalue weighted by molar-refractivity contribution is 6.43. The number of nitrogens with one attached hydrogen (secondary N) is 1. The monoisotopic (exact) mass is 269 g/mol. The van der Waals surface area contributed by atoms with E-state index in [0.717, 1.165) is 5.56 Å². The first-order chi connectivity index (χ1) is 9.66. The average Bonchev–Trinajstić information content (AvgIpc) is 2.48. The molecule has 0 aliphatic heterocycles. The van der Waals surface area contributed by atoms with Gasteiger partial charge in [-0.3, -0.25) is 4.79 Å². The summed E-state index contributed by atoms with van der Waals surface area (Å²) >= 11 is 0. The first-order valence-corrected chi connectivity index (χ1v) is 6.43. The molecular formula is C15H16BNO3. The maximum absolute atomic E-state index is 12.0. The predicted octanol–water partition coefficient (Wildman–Crippen LogP) is 1.04. The zero-order valence-electron chi connectivity index (χ0n) is 10.9. The molecule has 1 atom stereocenters. The fourth-order valence-corrected chi connectivity index (χ4v) is 1.94. The maximum Gasteiger partial charge on any atom is 0.475 e. The fraction of sp³-hybridized carbons (Fsp3) is 0.133. The number of amides is 1. The number of hydrogen-bond donors (Lipinski definition) is 3. The summed E-state index contributed by atoms with van der Waals surface area (Å²) < 4.78 is 0.